The molecule has 9 aromatic carbocycles. The largest absolute Gasteiger partial charge is 0.135 e. The van der Waals surface area contributed by atoms with Crippen LogP contribution in [0.3, 0.4) is 0 Å². The van der Waals surface area contributed by atoms with Crippen molar-refractivity contribution in [1.29, 1.82) is 0 Å². The van der Waals surface area contributed by atoms with Gasteiger partial charge in [-0.25, -0.2) is 0 Å². The van der Waals surface area contributed by atoms with Crippen LogP contribution in [-0.2, 0) is 5.41 Å². The van der Waals surface area contributed by atoms with Crippen LogP contribution in [0, 0.1) is 0 Å². The van der Waals surface area contributed by atoms with Gasteiger partial charge in [0.15, 0.2) is 0 Å². The highest BCUT2D eigenvalue weighted by Gasteiger charge is 2.36. The summed E-state index contributed by atoms with van der Waals surface area (Å²) in [4.78, 5) is 0. The summed E-state index contributed by atoms with van der Waals surface area (Å²) >= 11 is 1.89. The van der Waals surface area contributed by atoms with Gasteiger partial charge in [0.2, 0.25) is 0 Å². The number of rotatable bonds is 3. The molecule has 0 nitrogen and oxygen atoms in total. The summed E-state index contributed by atoms with van der Waals surface area (Å²) in [5, 5.41) is 10.5. The van der Waals surface area contributed by atoms with Gasteiger partial charge in [0.25, 0.3) is 0 Å². The van der Waals surface area contributed by atoms with Crippen LogP contribution in [0.25, 0.3) is 97.0 Å². The lowest BCUT2D eigenvalue weighted by Gasteiger charge is -2.23. The van der Waals surface area contributed by atoms with E-state index in [-0.39, 0.29) is 5.41 Å². The Hall–Kier alpha value is -6.02. The monoisotopic (exact) mass is 678 g/mol. The molecule has 1 heteroatoms. The van der Waals surface area contributed by atoms with Gasteiger partial charge >= 0.3 is 0 Å². The Labute approximate surface area is 307 Å². The molecule has 244 valence electrons. The van der Waals surface area contributed by atoms with E-state index in [0.717, 1.165) is 0 Å². The van der Waals surface area contributed by atoms with E-state index in [0.29, 0.717) is 0 Å². The van der Waals surface area contributed by atoms with E-state index in [9.17, 15) is 0 Å². The zero-order valence-corrected chi connectivity index (χ0v) is 29.9. The second-order valence-corrected chi connectivity index (χ2v) is 15.9. The van der Waals surface area contributed by atoms with Crippen LogP contribution in [-0.4, -0.2) is 0 Å². The summed E-state index contributed by atoms with van der Waals surface area (Å²) in [6.07, 6.45) is 0. The van der Waals surface area contributed by atoms with E-state index < -0.39 is 0 Å². The maximum Gasteiger partial charge on any atom is 0.0361 e. The highest BCUT2D eigenvalue weighted by atomic mass is 32.1. The molecule has 52 heavy (non-hydrogen) atoms. The summed E-state index contributed by atoms with van der Waals surface area (Å²) in [6, 6.07) is 63.5. The predicted molar refractivity (Wildman–Crippen MR) is 226 cm³/mol. The summed E-state index contributed by atoms with van der Waals surface area (Å²) in [6.45, 7) is 4.81. The van der Waals surface area contributed by atoms with Gasteiger partial charge < -0.3 is 0 Å². The molecule has 0 radical (unpaired) electrons. The number of benzene rings is 9. The van der Waals surface area contributed by atoms with Crippen LogP contribution in [0.5, 0.6) is 0 Å². The Kier molecular flexibility index (Phi) is 6.27. The van der Waals surface area contributed by atoms with Gasteiger partial charge in [-0.1, -0.05) is 159 Å². The minimum Gasteiger partial charge on any atom is -0.135 e. The first-order valence-electron chi connectivity index (χ1n) is 18.2. The molecule has 0 amide bonds. The number of hydrogen-bond acceptors (Lipinski definition) is 1. The molecule has 0 fully saturated rings. The number of thiophene rings is 1. The van der Waals surface area contributed by atoms with Gasteiger partial charge in [0.05, 0.1) is 0 Å². The lowest BCUT2D eigenvalue weighted by atomic mass is 9.80. The third kappa shape index (κ3) is 4.15. The average molecular weight is 679 g/mol. The molecular formula is C51H34S. The van der Waals surface area contributed by atoms with Crippen molar-refractivity contribution < 1.29 is 0 Å². The van der Waals surface area contributed by atoms with Crippen LogP contribution in [0.2, 0.25) is 0 Å². The molecule has 0 aliphatic heterocycles. The van der Waals surface area contributed by atoms with E-state index >= 15 is 0 Å². The molecule has 1 aliphatic carbocycles. The minimum absolute atomic E-state index is 0.159. The van der Waals surface area contributed by atoms with Gasteiger partial charge in [-0.3, -0.25) is 0 Å². The molecule has 0 N–H and O–H groups in total. The van der Waals surface area contributed by atoms with Crippen LogP contribution in [0.4, 0.5) is 0 Å². The molecule has 1 aliphatic rings. The SMILES string of the molecule is CC1(C)c2cc(-c3c4ccccc4c(-c4ccccc4)c4ccccc34)ccc2-c2ccc(-c3cccc4c3ccc3sc5ccccc5c34)cc21. The molecule has 0 saturated heterocycles. The predicted octanol–water partition coefficient (Wildman–Crippen LogP) is 14.8. The smallest absolute Gasteiger partial charge is 0.0361 e. The molecule has 0 spiro atoms. The van der Waals surface area contributed by atoms with E-state index in [1.54, 1.807) is 0 Å². The second-order valence-electron chi connectivity index (χ2n) is 14.8. The topological polar surface area (TPSA) is 0 Å². The average Bonchev–Trinajstić information content (AvgIpc) is 3.69. The highest BCUT2D eigenvalue weighted by molar-refractivity contribution is 7.26. The Balaban J connectivity index is 1.08. The summed E-state index contributed by atoms with van der Waals surface area (Å²) in [7, 11) is 0. The Morgan fingerprint density at radius 1 is 0.346 bits per heavy atom. The lowest BCUT2D eigenvalue weighted by Crippen LogP contribution is -2.15. The minimum atomic E-state index is -0.159. The standard InChI is InChI=1S/C51H34S/c1-51(2)44-29-32(34-20-12-21-38-35(34)27-28-47-50(38)43-19-10-11-22-46(43)52-47)23-25-36(44)37-26-24-33(30-45(37)51)49-41-17-8-6-15-39(41)48(31-13-4-3-5-14-31)40-16-7-9-18-42(40)49/h3-30H,1-2H3. The van der Waals surface area contributed by atoms with Crippen molar-refractivity contribution in [2.75, 3.05) is 0 Å². The second kappa shape index (κ2) is 11.0. The first-order chi connectivity index (χ1) is 25.6. The van der Waals surface area contributed by atoms with Crippen LogP contribution < -0.4 is 0 Å². The molecule has 0 unspecified atom stereocenters. The fourth-order valence-electron chi connectivity index (χ4n) is 9.25. The molecule has 1 heterocycles. The van der Waals surface area contributed by atoms with Gasteiger partial charge in [-0.15, -0.1) is 11.3 Å². The molecular weight excluding hydrogens is 645 g/mol. The third-order valence-electron chi connectivity index (χ3n) is 11.7. The van der Waals surface area contributed by atoms with Gasteiger partial charge in [-0.2, -0.15) is 0 Å². The number of hydrogen-bond donors (Lipinski definition) is 0. The Morgan fingerprint density at radius 2 is 0.885 bits per heavy atom. The molecule has 1 aromatic heterocycles. The Morgan fingerprint density at radius 3 is 1.56 bits per heavy atom. The summed E-state index contributed by atoms with van der Waals surface area (Å²) < 4.78 is 2.70. The van der Waals surface area contributed by atoms with Crippen molar-refractivity contribution in [3.05, 3.63) is 181 Å². The summed E-state index contributed by atoms with van der Waals surface area (Å²) in [5.74, 6) is 0. The van der Waals surface area contributed by atoms with E-state index in [2.05, 4.69) is 184 Å². The fourth-order valence-corrected chi connectivity index (χ4v) is 10.4. The van der Waals surface area contributed by atoms with Crippen molar-refractivity contribution in [1.82, 2.24) is 0 Å². The van der Waals surface area contributed by atoms with Crippen LogP contribution >= 0.6 is 11.3 Å². The normalized spacial score (nSPS) is 13.3. The van der Waals surface area contributed by atoms with Crippen molar-refractivity contribution in [3.8, 4) is 44.5 Å². The first-order valence-corrected chi connectivity index (χ1v) is 19.0. The van der Waals surface area contributed by atoms with Gasteiger partial charge in [0, 0.05) is 25.6 Å². The van der Waals surface area contributed by atoms with Crippen molar-refractivity contribution in [2.24, 2.45) is 0 Å². The highest BCUT2D eigenvalue weighted by Crippen LogP contribution is 2.52. The van der Waals surface area contributed by atoms with E-state index in [1.165, 1.54) is 108 Å². The van der Waals surface area contributed by atoms with E-state index in [1.807, 2.05) is 11.3 Å². The van der Waals surface area contributed by atoms with Crippen molar-refractivity contribution >= 4 is 63.8 Å². The van der Waals surface area contributed by atoms with Crippen molar-refractivity contribution in [3.63, 3.8) is 0 Å². The van der Waals surface area contributed by atoms with Crippen LogP contribution in [0.15, 0.2) is 170 Å². The molecule has 11 rings (SSSR count). The van der Waals surface area contributed by atoms with Crippen molar-refractivity contribution in [2.45, 2.75) is 19.3 Å². The quantitative estimate of drug-likeness (QED) is 0.163. The maximum atomic E-state index is 2.49. The maximum absolute atomic E-state index is 2.49. The van der Waals surface area contributed by atoms with Gasteiger partial charge in [-0.05, 0) is 112 Å². The number of fused-ring (bicyclic) bond motifs is 10. The molecule has 0 bridgehead atoms. The first kappa shape index (κ1) is 29.7. The zero-order valence-electron chi connectivity index (χ0n) is 29.1. The summed E-state index contributed by atoms with van der Waals surface area (Å²) in [5.41, 5.74) is 13.0. The fraction of sp³-hybridized carbons (Fsp3) is 0.0588. The molecule has 10 aromatic rings. The third-order valence-corrected chi connectivity index (χ3v) is 12.8. The Bertz CT molecular complexity index is 3030. The van der Waals surface area contributed by atoms with E-state index in [4.69, 9.17) is 0 Å². The van der Waals surface area contributed by atoms with Crippen LogP contribution in [0.1, 0.15) is 25.0 Å². The lowest BCUT2D eigenvalue weighted by molar-refractivity contribution is 0.661. The molecule has 0 saturated carbocycles. The molecule has 0 atom stereocenters. The zero-order chi connectivity index (χ0) is 34.6. The van der Waals surface area contributed by atoms with Gasteiger partial charge in [0.1, 0.15) is 0 Å².